The van der Waals surface area contributed by atoms with Crippen molar-refractivity contribution >= 4 is 44.7 Å². The lowest BCUT2D eigenvalue weighted by molar-refractivity contribution is -0.133. The van der Waals surface area contributed by atoms with Crippen LogP contribution in [0.4, 0.5) is 0 Å². The molecule has 100 valence electrons. The third-order valence-electron chi connectivity index (χ3n) is 2.69. The second kappa shape index (κ2) is 5.79. The fourth-order valence-corrected chi connectivity index (χ4v) is 2.95. The summed E-state index contributed by atoms with van der Waals surface area (Å²) in [5.74, 6) is -0.856. The van der Waals surface area contributed by atoms with E-state index in [2.05, 4.69) is 27.5 Å². The van der Waals surface area contributed by atoms with Crippen molar-refractivity contribution in [3.8, 4) is 0 Å². The minimum absolute atomic E-state index is 0.00560. The number of imidazole rings is 1. The van der Waals surface area contributed by atoms with Crippen molar-refractivity contribution in [2.24, 2.45) is 0 Å². The molecular weight excluding hydrogens is 328 g/mol. The predicted octanol–water partition coefficient (Wildman–Crippen LogP) is 3.72. The molecule has 1 heterocycles. The fourth-order valence-electron chi connectivity index (χ4n) is 1.78. The number of nitrogens with zero attached hydrogens (tertiary/aromatic N) is 2. The van der Waals surface area contributed by atoms with E-state index in [0.717, 1.165) is 15.5 Å². The second-order valence-electron chi connectivity index (χ2n) is 4.06. The molecule has 1 atom stereocenters. The van der Waals surface area contributed by atoms with Gasteiger partial charge in [-0.05, 0) is 25.1 Å². The van der Waals surface area contributed by atoms with Gasteiger partial charge in [0.05, 0.1) is 22.8 Å². The van der Waals surface area contributed by atoms with Gasteiger partial charge in [-0.2, -0.15) is 0 Å². The zero-order chi connectivity index (χ0) is 14.0. The number of thioether (sulfide) groups is 1. The number of carboxylic acids is 1. The molecule has 0 saturated heterocycles. The van der Waals surface area contributed by atoms with Crippen LogP contribution < -0.4 is 0 Å². The Hall–Kier alpha value is -1.27. The van der Waals surface area contributed by atoms with Crippen molar-refractivity contribution in [1.29, 1.82) is 0 Å². The van der Waals surface area contributed by atoms with E-state index in [1.54, 1.807) is 0 Å². The molecule has 1 unspecified atom stereocenters. The summed E-state index contributed by atoms with van der Waals surface area (Å²) in [6.45, 7) is 5.79. The van der Waals surface area contributed by atoms with E-state index in [0.29, 0.717) is 5.16 Å². The number of fused-ring (bicyclic) bond motifs is 1. The van der Waals surface area contributed by atoms with Gasteiger partial charge in [0.1, 0.15) is 0 Å². The van der Waals surface area contributed by atoms with E-state index >= 15 is 0 Å². The Bertz CT molecular complexity index is 639. The van der Waals surface area contributed by atoms with Crippen molar-refractivity contribution in [2.45, 2.75) is 18.1 Å². The first-order valence-electron chi connectivity index (χ1n) is 5.67. The zero-order valence-corrected chi connectivity index (χ0v) is 12.7. The topological polar surface area (TPSA) is 55.1 Å². The molecule has 19 heavy (non-hydrogen) atoms. The number of halogens is 1. The molecular formula is C13H13BrN2O2S. The Labute approximate surface area is 123 Å². The van der Waals surface area contributed by atoms with Crippen LogP contribution in [0.15, 0.2) is 40.5 Å². The molecule has 2 rings (SSSR count). The standard InChI is InChI=1S/C13H13BrN2O2S/c1-3-8(2)16-11-5-4-9(14)6-10(11)15-13(16)19-7-12(17)18/h3-6,8H,1,7H2,2H3,(H,17,18). The third-order valence-corrected chi connectivity index (χ3v) is 4.12. The lowest BCUT2D eigenvalue weighted by Gasteiger charge is -2.12. The molecule has 2 aromatic rings. The van der Waals surface area contributed by atoms with Gasteiger partial charge in [0.25, 0.3) is 0 Å². The SMILES string of the molecule is C=CC(C)n1c(SCC(=O)O)nc2cc(Br)ccc21. The second-order valence-corrected chi connectivity index (χ2v) is 5.91. The molecule has 0 fully saturated rings. The fraction of sp³-hybridized carbons (Fsp3) is 0.231. The van der Waals surface area contributed by atoms with Crippen LogP contribution in [0.3, 0.4) is 0 Å². The maximum absolute atomic E-state index is 10.7. The van der Waals surface area contributed by atoms with Crippen LogP contribution in [0.25, 0.3) is 11.0 Å². The normalized spacial score (nSPS) is 12.5. The molecule has 1 aromatic carbocycles. The lowest BCUT2D eigenvalue weighted by Crippen LogP contribution is -2.05. The van der Waals surface area contributed by atoms with E-state index < -0.39 is 5.97 Å². The Kier molecular flexibility index (Phi) is 4.31. The first-order chi connectivity index (χ1) is 9.02. The van der Waals surface area contributed by atoms with Crippen LogP contribution in [0, 0.1) is 0 Å². The number of hydrogen-bond acceptors (Lipinski definition) is 3. The summed E-state index contributed by atoms with van der Waals surface area (Å²) in [5, 5.41) is 9.49. The number of aromatic nitrogens is 2. The number of carboxylic acid groups (broad SMARTS) is 1. The van der Waals surface area contributed by atoms with Crippen LogP contribution in [0.5, 0.6) is 0 Å². The molecule has 1 N–H and O–H groups in total. The molecule has 0 spiro atoms. The van der Waals surface area contributed by atoms with Crippen molar-refractivity contribution in [1.82, 2.24) is 9.55 Å². The third kappa shape index (κ3) is 3.01. The average Bonchev–Trinajstić information content (AvgIpc) is 2.72. The number of hydrogen-bond donors (Lipinski definition) is 1. The predicted molar refractivity (Wildman–Crippen MR) is 80.7 cm³/mol. The first kappa shape index (κ1) is 14.1. The summed E-state index contributed by atoms with van der Waals surface area (Å²) < 4.78 is 2.95. The highest BCUT2D eigenvalue weighted by Gasteiger charge is 2.15. The summed E-state index contributed by atoms with van der Waals surface area (Å²) in [4.78, 5) is 15.2. The van der Waals surface area contributed by atoms with Gasteiger partial charge in [-0.3, -0.25) is 4.79 Å². The monoisotopic (exact) mass is 340 g/mol. The van der Waals surface area contributed by atoms with Crippen molar-refractivity contribution in [3.63, 3.8) is 0 Å². The Balaban J connectivity index is 2.53. The van der Waals surface area contributed by atoms with Crippen LogP contribution in [-0.2, 0) is 4.79 Å². The number of rotatable bonds is 5. The molecule has 0 bridgehead atoms. The van der Waals surface area contributed by atoms with Crippen LogP contribution in [0.1, 0.15) is 13.0 Å². The molecule has 0 saturated carbocycles. The molecule has 1 aromatic heterocycles. The number of aliphatic carboxylic acids is 1. The largest absolute Gasteiger partial charge is 0.481 e. The van der Waals surface area contributed by atoms with Crippen LogP contribution >= 0.6 is 27.7 Å². The van der Waals surface area contributed by atoms with Crippen molar-refractivity contribution < 1.29 is 9.90 Å². The van der Waals surface area contributed by atoms with E-state index in [1.165, 1.54) is 11.8 Å². The Morgan fingerprint density at radius 3 is 3.05 bits per heavy atom. The summed E-state index contributed by atoms with van der Waals surface area (Å²) in [5.41, 5.74) is 1.82. The summed E-state index contributed by atoms with van der Waals surface area (Å²) in [7, 11) is 0. The number of allylic oxidation sites excluding steroid dienone is 1. The Morgan fingerprint density at radius 1 is 1.68 bits per heavy atom. The lowest BCUT2D eigenvalue weighted by atomic mass is 10.3. The highest BCUT2D eigenvalue weighted by atomic mass is 79.9. The van der Waals surface area contributed by atoms with Gasteiger partial charge in [0.2, 0.25) is 0 Å². The molecule has 6 heteroatoms. The molecule has 0 amide bonds. The van der Waals surface area contributed by atoms with Gasteiger partial charge in [0.15, 0.2) is 5.16 Å². The Morgan fingerprint density at radius 2 is 2.42 bits per heavy atom. The molecule has 0 aliphatic carbocycles. The van der Waals surface area contributed by atoms with Crippen molar-refractivity contribution in [2.75, 3.05) is 5.75 Å². The maximum Gasteiger partial charge on any atom is 0.313 e. The zero-order valence-electron chi connectivity index (χ0n) is 10.3. The number of benzene rings is 1. The molecule has 0 aliphatic rings. The smallest absolute Gasteiger partial charge is 0.313 e. The molecule has 0 aliphatic heterocycles. The van der Waals surface area contributed by atoms with E-state index in [9.17, 15) is 4.79 Å². The first-order valence-corrected chi connectivity index (χ1v) is 7.45. The highest BCUT2D eigenvalue weighted by molar-refractivity contribution is 9.10. The van der Waals surface area contributed by atoms with Crippen LogP contribution in [0.2, 0.25) is 0 Å². The van der Waals surface area contributed by atoms with Crippen molar-refractivity contribution in [3.05, 3.63) is 35.3 Å². The minimum Gasteiger partial charge on any atom is -0.481 e. The van der Waals surface area contributed by atoms with Gasteiger partial charge in [0, 0.05) is 4.47 Å². The van der Waals surface area contributed by atoms with Gasteiger partial charge in [-0.25, -0.2) is 4.98 Å². The van der Waals surface area contributed by atoms with Crippen LogP contribution in [-0.4, -0.2) is 26.4 Å². The maximum atomic E-state index is 10.7. The minimum atomic E-state index is -0.851. The summed E-state index contributed by atoms with van der Waals surface area (Å²) in [6, 6.07) is 5.90. The van der Waals surface area contributed by atoms with E-state index in [-0.39, 0.29) is 11.8 Å². The number of carbonyl (C=O) groups is 1. The summed E-state index contributed by atoms with van der Waals surface area (Å²) >= 11 is 4.63. The van der Waals surface area contributed by atoms with Gasteiger partial charge < -0.3 is 9.67 Å². The molecule has 4 nitrogen and oxygen atoms in total. The highest BCUT2D eigenvalue weighted by Crippen LogP contribution is 2.29. The molecule has 0 radical (unpaired) electrons. The van der Waals surface area contributed by atoms with E-state index in [4.69, 9.17) is 5.11 Å². The summed E-state index contributed by atoms with van der Waals surface area (Å²) in [6.07, 6.45) is 1.81. The van der Waals surface area contributed by atoms with Gasteiger partial charge in [-0.1, -0.05) is 33.8 Å². The average molecular weight is 341 g/mol. The van der Waals surface area contributed by atoms with E-state index in [1.807, 2.05) is 35.8 Å². The quantitative estimate of drug-likeness (QED) is 0.665. The van der Waals surface area contributed by atoms with Gasteiger partial charge in [-0.15, -0.1) is 6.58 Å². The van der Waals surface area contributed by atoms with Gasteiger partial charge >= 0.3 is 5.97 Å².